The van der Waals surface area contributed by atoms with Crippen LogP contribution in [0, 0.1) is 0 Å². The van der Waals surface area contributed by atoms with E-state index in [-0.39, 0.29) is 36.8 Å². The molecule has 2 aromatic rings. The van der Waals surface area contributed by atoms with Crippen LogP contribution in [0.2, 0.25) is 0 Å². The van der Waals surface area contributed by atoms with Gasteiger partial charge in [0.1, 0.15) is 0 Å². The van der Waals surface area contributed by atoms with E-state index in [1.165, 1.54) is 16.8 Å². The minimum Gasteiger partial charge on any atom is -0.384 e. The van der Waals surface area contributed by atoms with Crippen molar-refractivity contribution in [2.45, 2.75) is 25.4 Å². The standard InChI is InChI=1S/C20H23N3O.2ClH/c24-20(17-6-7-19-16(12-17)8-10-21-19)22-18-9-11-23(14-18)13-15-4-2-1-3-5-15;;/h1-7,12,18,21H,8-11,13-14H2,(H,22,24);2*1H. The van der Waals surface area contributed by atoms with Gasteiger partial charge in [0.15, 0.2) is 0 Å². The molecule has 4 nitrogen and oxygen atoms in total. The molecule has 2 N–H and O–H groups in total. The quantitative estimate of drug-likeness (QED) is 0.835. The van der Waals surface area contributed by atoms with E-state index in [9.17, 15) is 4.79 Å². The zero-order valence-electron chi connectivity index (χ0n) is 14.6. The van der Waals surface area contributed by atoms with Crippen molar-refractivity contribution >= 4 is 36.4 Å². The Morgan fingerprint density at radius 3 is 2.77 bits per heavy atom. The lowest BCUT2D eigenvalue weighted by atomic mass is 10.1. The molecule has 1 atom stereocenters. The number of nitrogens with one attached hydrogen (secondary N) is 2. The van der Waals surface area contributed by atoms with Gasteiger partial charge in [0, 0.05) is 43.5 Å². The van der Waals surface area contributed by atoms with Gasteiger partial charge in [-0.3, -0.25) is 9.69 Å². The first kappa shape index (κ1) is 20.6. The molecule has 1 fully saturated rings. The van der Waals surface area contributed by atoms with Crippen molar-refractivity contribution < 1.29 is 4.79 Å². The van der Waals surface area contributed by atoms with Crippen molar-refractivity contribution in [1.29, 1.82) is 0 Å². The number of carbonyl (C=O) groups excluding carboxylic acids is 1. The normalized spacial score (nSPS) is 18.2. The fourth-order valence-corrected chi connectivity index (χ4v) is 3.65. The van der Waals surface area contributed by atoms with Crippen molar-refractivity contribution in [3.05, 3.63) is 65.2 Å². The van der Waals surface area contributed by atoms with E-state index in [1.807, 2.05) is 24.3 Å². The average Bonchev–Trinajstić information content (AvgIpc) is 3.24. The Hall–Kier alpha value is -1.75. The van der Waals surface area contributed by atoms with E-state index in [2.05, 4.69) is 39.8 Å². The molecule has 1 unspecified atom stereocenters. The lowest BCUT2D eigenvalue weighted by molar-refractivity contribution is 0.0937. The summed E-state index contributed by atoms with van der Waals surface area (Å²) in [6, 6.07) is 16.7. The van der Waals surface area contributed by atoms with Crippen LogP contribution in [0.4, 0.5) is 5.69 Å². The van der Waals surface area contributed by atoms with Crippen molar-refractivity contribution in [3.8, 4) is 0 Å². The van der Waals surface area contributed by atoms with Gasteiger partial charge in [-0.2, -0.15) is 0 Å². The van der Waals surface area contributed by atoms with E-state index >= 15 is 0 Å². The fourth-order valence-electron chi connectivity index (χ4n) is 3.65. The molecule has 6 heteroatoms. The highest BCUT2D eigenvalue weighted by Gasteiger charge is 2.24. The second-order valence-electron chi connectivity index (χ2n) is 6.73. The molecule has 0 radical (unpaired) electrons. The van der Waals surface area contributed by atoms with Gasteiger partial charge >= 0.3 is 0 Å². The first-order valence-corrected chi connectivity index (χ1v) is 8.72. The van der Waals surface area contributed by atoms with Crippen LogP contribution in [-0.4, -0.2) is 36.5 Å². The number of fused-ring (bicyclic) bond motifs is 1. The Morgan fingerprint density at radius 1 is 1.15 bits per heavy atom. The Kier molecular flexibility index (Phi) is 7.33. The maximum absolute atomic E-state index is 12.5. The predicted octanol–water partition coefficient (Wildman–Crippen LogP) is 3.50. The van der Waals surface area contributed by atoms with Gasteiger partial charge < -0.3 is 10.6 Å². The number of hydrogen-bond acceptors (Lipinski definition) is 3. The summed E-state index contributed by atoms with van der Waals surface area (Å²) < 4.78 is 0. The molecule has 1 saturated heterocycles. The third kappa shape index (κ3) is 4.70. The molecule has 0 spiro atoms. The van der Waals surface area contributed by atoms with Gasteiger partial charge in [0.25, 0.3) is 5.91 Å². The third-order valence-electron chi connectivity index (χ3n) is 4.93. The van der Waals surface area contributed by atoms with Crippen molar-refractivity contribution in [3.63, 3.8) is 0 Å². The smallest absolute Gasteiger partial charge is 0.251 e. The van der Waals surface area contributed by atoms with Crippen LogP contribution in [0.3, 0.4) is 0 Å². The molecular weight excluding hydrogens is 369 g/mol. The van der Waals surface area contributed by atoms with E-state index in [1.54, 1.807) is 0 Å². The maximum atomic E-state index is 12.5. The Balaban J connectivity index is 0.00000121. The largest absolute Gasteiger partial charge is 0.384 e. The van der Waals surface area contributed by atoms with Crippen LogP contribution in [0.25, 0.3) is 0 Å². The van der Waals surface area contributed by atoms with Crippen LogP contribution < -0.4 is 10.6 Å². The SMILES string of the molecule is Cl.Cl.O=C(NC1CCN(Cc2ccccc2)C1)c1ccc2c(c1)CCN2. The van der Waals surface area contributed by atoms with Gasteiger partial charge in [0.05, 0.1) is 0 Å². The van der Waals surface area contributed by atoms with E-state index in [0.29, 0.717) is 0 Å². The maximum Gasteiger partial charge on any atom is 0.251 e. The lowest BCUT2D eigenvalue weighted by Gasteiger charge is -2.17. The Morgan fingerprint density at radius 2 is 1.96 bits per heavy atom. The fraction of sp³-hybridized carbons (Fsp3) is 0.350. The van der Waals surface area contributed by atoms with Gasteiger partial charge in [-0.05, 0) is 42.2 Å². The second kappa shape index (κ2) is 9.26. The summed E-state index contributed by atoms with van der Waals surface area (Å²) in [4.78, 5) is 14.9. The topological polar surface area (TPSA) is 44.4 Å². The van der Waals surface area contributed by atoms with Crippen LogP contribution >= 0.6 is 24.8 Å². The Labute approximate surface area is 167 Å². The summed E-state index contributed by atoms with van der Waals surface area (Å²) in [6.45, 7) is 3.89. The average molecular weight is 394 g/mol. The molecule has 0 aromatic heterocycles. The summed E-state index contributed by atoms with van der Waals surface area (Å²) in [5.41, 5.74) is 4.52. The van der Waals surface area contributed by atoms with Crippen molar-refractivity contribution in [2.24, 2.45) is 0 Å². The Bertz CT molecular complexity index is 739. The van der Waals surface area contributed by atoms with Gasteiger partial charge in [-0.1, -0.05) is 30.3 Å². The third-order valence-corrected chi connectivity index (χ3v) is 4.93. The number of anilines is 1. The monoisotopic (exact) mass is 393 g/mol. The van der Waals surface area contributed by atoms with Crippen LogP contribution in [-0.2, 0) is 13.0 Å². The van der Waals surface area contributed by atoms with Gasteiger partial charge in [-0.15, -0.1) is 24.8 Å². The zero-order chi connectivity index (χ0) is 16.4. The number of amides is 1. The van der Waals surface area contributed by atoms with Crippen molar-refractivity contribution in [2.75, 3.05) is 25.0 Å². The zero-order valence-corrected chi connectivity index (χ0v) is 16.2. The lowest BCUT2D eigenvalue weighted by Crippen LogP contribution is -2.37. The minimum atomic E-state index is 0. The number of nitrogens with zero attached hydrogens (tertiary/aromatic N) is 1. The van der Waals surface area contributed by atoms with E-state index in [4.69, 9.17) is 0 Å². The van der Waals surface area contributed by atoms with E-state index < -0.39 is 0 Å². The number of likely N-dealkylation sites (tertiary alicyclic amines) is 1. The highest BCUT2D eigenvalue weighted by atomic mass is 35.5. The first-order chi connectivity index (χ1) is 11.8. The summed E-state index contributed by atoms with van der Waals surface area (Å²) in [5, 5.41) is 6.53. The molecule has 0 saturated carbocycles. The molecule has 2 heterocycles. The predicted molar refractivity (Wildman–Crippen MR) is 111 cm³/mol. The molecule has 0 aliphatic carbocycles. The number of hydrogen-bond donors (Lipinski definition) is 2. The van der Waals surface area contributed by atoms with Crippen LogP contribution in [0.5, 0.6) is 0 Å². The number of halogens is 2. The minimum absolute atomic E-state index is 0. The first-order valence-electron chi connectivity index (χ1n) is 8.72. The number of rotatable bonds is 4. The van der Waals surface area contributed by atoms with E-state index in [0.717, 1.165) is 44.6 Å². The number of benzene rings is 2. The summed E-state index contributed by atoms with van der Waals surface area (Å²) in [7, 11) is 0. The molecule has 26 heavy (non-hydrogen) atoms. The summed E-state index contributed by atoms with van der Waals surface area (Å²) >= 11 is 0. The highest BCUT2D eigenvalue weighted by Crippen LogP contribution is 2.23. The molecule has 4 rings (SSSR count). The summed E-state index contributed by atoms with van der Waals surface area (Å²) in [6.07, 6.45) is 2.02. The molecule has 2 aromatic carbocycles. The van der Waals surface area contributed by atoms with Gasteiger partial charge in [0.2, 0.25) is 0 Å². The molecular formula is C20H25Cl2N3O. The van der Waals surface area contributed by atoms with Crippen LogP contribution in [0.15, 0.2) is 48.5 Å². The summed E-state index contributed by atoms with van der Waals surface area (Å²) in [5.74, 6) is 0.0521. The molecule has 1 amide bonds. The second-order valence-corrected chi connectivity index (χ2v) is 6.73. The molecule has 2 aliphatic heterocycles. The molecule has 2 aliphatic rings. The number of carbonyl (C=O) groups is 1. The highest BCUT2D eigenvalue weighted by molar-refractivity contribution is 5.95. The van der Waals surface area contributed by atoms with Crippen LogP contribution in [0.1, 0.15) is 27.9 Å². The molecule has 0 bridgehead atoms. The van der Waals surface area contributed by atoms with Gasteiger partial charge in [-0.25, -0.2) is 0 Å². The molecule has 140 valence electrons. The van der Waals surface area contributed by atoms with Crippen molar-refractivity contribution in [1.82, 2.24) is 10.2 Å².